The Morgan fingerprint density at radius 3 is 2.29 bits per heavy atom. The van der Waals surface area contributed by atoms with Crippen molar-refractivity contribution in [3.8, 4) is 11.5 Å². The van der Waals surface area contributed by atoms with Gasteiger partial charge in [0.1, 0.15) is 29.3 Å². The summed E-state index contributed by atoms with van der Waals surface area (Å²) in [7, 11) is 3.07. The van der Waals surface area contributed by atoms with Gasteiger partial charge in [0, 0.05) is 54.1 Å². The fraction of sp³-hybridized carbons (Fsp3) is 0.729. The lowest BCUT2D eigenvalue weighted by atomic mass is 9.47. The van der Waals surface area contributed by atoms with E-state index >= 15 is 4.79 Å². The Balaban J connectivity index is 1.32. The SMILES string of the molecule is C=CC1O[C@H]2C[C@H]3OC[C@@]3(OC(C)=O)[C@H]3[C@H](C)[C@]4(C(C)(C)O)CC(OC(=O)[C@@H]5OC(c6ccc(OC)cc6OC)N(C(=O)OC(C)(C)C)C5CC(C)C)C(C)=C4[C@H](C)[C@H](O1)[C@]23C. The third-order valence-corrected chi connectivity index (χ3v) is 15.0. The smallest absolute Gasteiger partial charge is 0.413 e. The summed E-state index contributed by atoms with van der Waals surface area (Å²) in [6.07, 6.45) is -2.87. The molecule has 6 aliphatic rings. The average Bonchev–Trinajstić information content (AvgIpc) is 3.67. The van der Waals surface area contributed by atoms with Gasteiger partial charge in [-0.25, -0.2) is 9.59 Å². The predicted molar refractivity (Wildman–Crippen MR) is 227 cm³/mol. The van der Waals surface area contributed by atoms with Crippen molar-refractivity contribution in [2.24, 2.45) is 34.5 Å². The van der Waals surface area contributed by atoms with Gasteiger partial charge in [-0.1, -0.05) is 46.8 Å². The standard InChI is InChI=1S/C48H69NO13/c1-16-36-58-34-21-35-48(23-56-35,61-28(7)50)39-27(6)47(45(11,12)53)22-33(25(4)37(47)26(5)40(59-36)46(34,39)13)57-42(51)38-31(19-24(2)3)49(43(52)62-44(8,9)10)41(60-38)30-18-17-29(54-14)20-32(30)55-15/h16-18,20,24,26-27,31,33-36,38-41,53H,1,19,21-23H2,2-15H3/t26-,27-,31?,33?,34-,35+,36?,38+,39-,40-,41?,46+,47+,48-/m0/s1. The molecule has 344 valence electrons. The molecule has 0 radical (unpaired) electrons. The number of amides is 1. The summed E-state index contributed by atoms with van der Waals surface area (Å²) < 4.78 is 56.7. The second-order valence-corrected chi connectivity index (χ2v) is 20.6. The van der Waals surface area contributed by atoms with Crippen LogP contribution < -0.4 is 9.47 Å². The van der Waals surface area contributed by atoms with Gasteiger partial charge in [-0.15, -0.1) is 0 Å². The van der Waals surface area contributed by atoms with Gasteiger partial charge in [0.2, 0.25) is 0 Å². The highest BCUT2D eigenvalue weighted by molar-refractivity contribution is 5.79. The number of carbonyl (C=O) groups excluding carboxylic acids is 3. The second kappa shape index (κ2) is 16.1. The Labute approximate surface area is 366 Å². The van der Waals surface area contributed by atoms with Crippen molar-refractivity contribution < 1.29 is 62.1 Å². The van der Waals surface area contributed by atoms with Crippen molar-refractivity contribution in [3.63, 3.8) is 0 Å². The number of carbonyl (C=O) groups is 3. The molecule has 1 aromatic carbocycles. The highest BCUT2D eigenvalue weighted by Gasteiger charge is 2.78. The Hall–Kier alpha value is -3.69. The lowest BCUT2D eigenvalue weighted by Crippen LogP contribution is -2.78. The topological polar surface area (TPSA) is 158 Å². The summed E-state index contributed by atoms with van der Waals surface area (Å²) in [5.74, 6) is -1.16. The van der Waals surface area contributed by atoms with Gasteiger partial charge in [-0.05, 0) is 83.6 Å². The molecule has 1 amide bonds. The van der Waals surface area contributed by atoms with Gasteiger partial charge < -0.3 is 47.7 Å². The van der Waals surface area contributed by atoms with Crippen LogP contribution in [0.15, 0.2) is 42.0 Å². The average molecular weight is 868 g/mol. The summed E-state index contributed by atoms with van der Waals surface area (Å²) in [6, 6.07) is 4.43. The van der Waals surface area contributed by atoms with Crippen LogP contribution in [-0.4, -0.2) is 109 Å². The molecule has 1 aromatic rings. The molecule has 7 rings (SSSR count). The maximum absolute atomic E-state index is 15.0. The summed E-state index contributed by atoms with van der Waals surface area (Å²) in [6.45, 7) is 27.0. The van der Waals surface area contributed by atoms with E-state index in [4.69, 9.17) is 42.6 Å². The number of nitrogens with zero attached hydrogens (tertiary/aromatic N) is 1. The van der Waals surface area contributed by atoms with Crippen molar-refractivity contribution in [3.05, 3.63) is 47.6 Å². The lowest BCUT2D eigenvalue weighted by molar-refractivity contribution is -0.387. The monoisotopic (exact) mass is 867 g/mol. The van der Waals surface area contributed by atoms with E-state index < -0.39 is 94.6 Å². The number of rotatable bonds is 10. The van der Waals surface area contributed by atoms with Crippen molar-refractivity contribution >= 4 is 18.0 Å². The van der Waals surface area contributed by atoms with Gasteiger partial charge >= 0.3 is 18.0 Å². The summed E-state index contributed by atoms with van der Waals surface area (Å²) in [4.78, 5) is 43.8. The van der Waals surface area contributed by atoms with Crippen LogP contribution in [-0.2, 0) is 42.7 Å². The van der Waals surface area contributed by atoms with E-state index in [9.17, 15) is 14.7 Å². The predicted octanol–water partition coefficient (Wildman–Crippen LogP) is 7.45. The van der Waals surface area contributed by atoms with E-state index in [1.54, 1.807) is 52.2 Å². The molecule has 14 atom stereocenters. The van der Waals surface area contributed by atoms with Crippen LogP contribution in [0.3, 0.4) is 0 Å². The van der Waals surface area contributed by atoms with Gasteiger partial charge in [0.25, 0.3) is 0 Å². The molecule has 0 spiro atoms. The maximum atomic E-state index is 15.0. The summed E-state index contributed by atoms with van der Waals surface area (Å²) in [5, 5.41) is 12.7. The van der Waals surface area contributed by atoms with Gasteiger partial charge in [0.05, 0.1) is 44.7 Å². The molecule has 14 nitrogen and oxygen atoms in total. The van der Waals surface area contributed by atoms with Crippen molar-refractivity contribution in [2.75, 3.05) is 20.8 Å². The zero-order valence-corrected chi connectivity index (χ0v) is 39.1. The first-order chi connectivity index (χ1) is 28.9. The van der Waals surface area contributed by atoms with Gasteiger partial charge in [-0.3, -0.25) is 9.69 Å². The molecule has 1 N–H and O–H groups in total. The Morgan fingerprint density at radius 1 is 1.05 bits per heavy atom. The first kappa shape index (κ1) is 46.3. The number of methoxy groups -OCH3 is 2. The third-order valence-electron chi connectivity index (χ3n) is 15.0. The van der Waals surface area contributed by atoms with Crippen molar-refractivity contribution in [2.45, 2.75) is 168 Å². The van der Waals surface area contributed by atoms with E-state index in [0.717, 1.165) is 11.1 Å². The Morgan fingerprint density at radius 2 is 1.74 bits per heavy atom. The third kappa shape index (κ3) is 7.14. The van der Waals surface area contributed by atoms with Crippen LogP contribution in [0.5, 0.6) is 11.5 Å². The van der Waals surface area contributed by atoms with Gasteiger partial charge in [0.15, 0.2) is 24.2 Å². The number of aliphatic hydroxyl groups is 1. The molecule has 4 unspecified atom stereocenters. The number of fused-ring (bicyclic) bond motifs is 3. The first-order valence-corrected chi connectivity index (χ1v) is 22.2. The van der Waals surface area contributed by atoms with Crippen LogP contribution in [0, 0.1) is 34.5 Å². The summed E-state index contributed by atoms with van der Waals surface area (Å²) >= 11 is 0. The minimum atomic E-state index is -1.38. The molecule has 3 heterocycles. The molecule has 2 saturated carbocycles. The highest BCUT2D eigenvalue weighted by atomic mass is 16.7. The molecule has 3 aliphatic carbocycles. The molecule has 5 fully saturated rings. The molecule has 62 heavy (non-hydrogen) atoms. The van der Waals surface area contributed by atoms with Crippen molar-refractivity contribution in [1.82, 2.24) is 4.90 Å². The lowest BCUT2D eigenvalue weighted by Gasteiger charge is -2.68. The Bertz CT molecular complexity index is 1970. The van der Waals surface area contributed by atoms with Crippen LogP contribution in [0.1, 0.15) is 114 Å². The summed E-state index contributed by atoms with van der Waals surface area (Å²) in [5.41, 5.74) is -2.68. The minimum Gasteiger partial charge on any atom is -0.497 e. The number of ether oxygens (including phenoxy) is 9. The molecule has 14 heteroatoms. The van der Waals surface area contributed by atoms with Crippen LogP contribution in [0.25, 0.3) is 0 Å². The fourth-order valence-electron chi connectivity index (χ4n) is 12.8. The molecule has 3 aliphatic heterocycles. The van der Waals surface area contributed by atoms with E-state index in [2.05, 4.69) is 27.4 Å². The Kier molecular flexibility index (Phi) is 12.0. The van der Waals surface area contributed by atoms with E-state index in [1.165, 1.54) is 18.9 Å². The normalized spacial score (nSPS) is 38.8. The molecule has 3 saturated heterocycles. The number of benzene rings is 1. The second-order valence-electron chi connectivity index (χ2n) is 20.6. The molecule has 0 aromatic heterocycles. The van der Waals surface area contributed by atoms with Crippen molar-refractivity contribution in [1.29, 1.82) is 0 Å². The number of esters is 2. The van der Waals surface area contributed by atoms with E-state index in [-0.39, 0.29) is 36.9 Å². The number of hydrogen-bond donors (Lipinski definition) is 1. The minimum absolute atomic E-state index is 0.0406. The largest absolute Gasteiger partial charge is 0.497 e. The van der Waals surface area contributed by atoms with E-state index in [0.29, 0.717) is 29.9 Å². The molecular weight excluding hydrogens is 799 g/mol. The van der Waals surface area contributed by atoms with E-state index in [1.807, 2.05) is 34.6 Å². The van der Waals surface area contributed by atoms with Crippen LogP contribution >= 0.6 is 0 Å². The first-order valence-electron chi connectivity index (χ1n) is 22.2. The zero-order valence-electron chi connectivity index (χ0n) is 39.1. The maximum Gasteiger partial charge on any atom is 0.413 e. The molecule has 0 bridgehead atoms. The molecular formula is C48H69NO13. The highest BCUT2D eigenvalue weighted by Crippen LogP contribution is 2.72. The quantitative estimate of drug-likeness (QED) is 0.141. The van der Waals surface area contributed by atoms with Crippen LogP contribution in [0.2, 0.25) is 0 Å². The van der Waals surface area contributed by atoms with Gasteiger partial charge in [-0.2, -0.15) is 0 Å². The number of hydrogen-bond acceptors (Lipinski definition) is 13. The van der Waals surface area contributed by atoms with Crippen LogP contribution in [0.4, 0.5) is 4.79 Å². The fourth-order valence-corrected chi connectivity index (χ4v) is 12.8. The zero-order chi connectivity index (χ0) is 45.6.